The highest BCUT2D eigenvalue weighted by Crippen LogP contribution is 2.33. The van der Waals surface area contributed by atoms with Crippen molar-refractivity contribution in [1.82, 2.24) is 0 Å². The zero-order valence-corrected chi connectivity index (χ0v) is 26.4. The molecule has 0 radical (unpaired) electrons. The molecular formula is C38H49NO4. The van der Waals surface area contributed by atoms with E-state index in [1.165, 1.54) is 64.2 Å². The quantitative estimate of drug-likeness (QED) is 0.0574. The van der Waals surface area contributed by atoms with Crippen molar-refractivity contribution >= 4 is 11.7 Å². The molecule has 0 aromatic heterocycles. The van der Waals surface area contributed by atoms with Crippen LogP contribution >= 0.6 is 0 Å². The van der Waals surface area contributed by atoms with E-state index in [1.54, 1.807) is 30.3 Å². The summed E-state index contributed by atoms with van der Waals surface area (Å²) in [6, 6.07) is 20.4. The molecule has 0 N–H and O–H groups in total. The van der Waals surface area contributed by atoms with E-state index < -0.39 is 5.97 Å². The zero-order chi connectivity index (χ0) is 30.7. The third-order valence-electron chi connectivity index (χ3n) is 7.63. The molecule has 0 spiro atoms. The Morgan fingerprint density at radius 3 is 1.91 bits per heavy atom. The van der Waals surface area contributed by atoms with Gasteiger partial charge in [-0.15, -0.1) is 0 Å². The second-order valence-electron chi connectivity index (χ2n) is 11.3. The summed E-state index contributed by atoms with van der Waals surface area (Å²) in [7, 11) is 0. The average Bonchev–Trinajstić information content (AvgIpc) is 3.03. The van der Waals surface area contributed by atoms with Gasteiger partial charge in [-0.05, 0) is 79.8 Å². The van der Waals surface area contributed by atoms with Crippen LogP contribution in [-0.4, -0.2) is 18.7 Å². The normalized spacial score (nSPS) is 11.5. The first-order valence-corrected chi connectivity index (χ1v) is 16.3. The minimum atomic E-state index is -0.467. The number of benzene rings is 3. The number of esters is 1. The van der Waals surface area contributed by atoms with Gasteiger partial charge < -0.3 is 14.2 Å². The second kappa shape index (κ2) is 19.4. The van der Waals surface area contributed by atoms with Crippen LogP contribution in [0, 0.1) is 6.57 Å². The molecule has 0 amide bonds. The van der Waals surface area contributed by atoms with E-state index in [2.05, 4.69) is 18.7 Å². The Morgan fingerprint density at radius 1 is 0.721 bits per heavy atom. The molecule has 3 aromatic rings. The van der Waals surface area contributed by atoms with Crippen molar-refractivity contribution in [2.45, 2.75) is 110 Å². The van der Waals surface area contributed by atoms with Crippen molar-refractivity contribution in [2.75, 3.05) is 6.61 Å². The topological polar surface area (TPSA) is 49.1 Å². The van der Waals surface area contributed by atoms with Gasteiger partial charge in [0.15, 0.2) is 0 Å². The van der Waals surface area contributed by atoms with Crippen LogP contribution in [0.5, 0.6) is 17.2 Å². The average molecular weight is 584 g/mol. The number of rotatable bonds is 20. The lowest BCUT2D eigenvalue weighted by Gasteiger charge is -2.16. The number of ether oxygens (including phenoxy) is 3. The Hall–Kier alpha value is -3.78. The smallest absolute Gasteiger partial charge is 0.343 e. The molecule has 5 nitrogen and oxygen atoms in total. The van der Waals surface area contributed by atoms with Crippen LogP contribution in [0.15, 0.2) is 66.7 Å². The number of hydrogen-bond acceptors (Lipinski definition) is 4. The van der Waals surface area contributed by atoms with Crippen molar-refractivity contribution in [3.63, 3.8) is 0 Å². The first-order valence-electron chi connectivity index (χ1n) is 16.3. The maximum absolute atomic E-state index is 12.8. The summed E-state index contributed by atoms with van der Waals surface area (Å²) in [5.74, 6) is 1.26. The van der Waals surface area contributed by atoms with Crippen LogP contribution in [0.25, 0.3) is 16.0 Å². The van der Waals surface area contributed by atoms with Crippen LogP contribution in [0.1, 0.15) is 115 Å². The first kappa shape index (κ1) is 33.7. The molecule has 1 unspecified atom stereocenters. The zero-order valence-electron chi connectivity index (χ0n) is 26.4. The van der Waals surface area contributed by atoms with Gasteiger partial charge in [0.1, 0.15) is 17.2 Å². The molecule has 0 fully saturated rings. The highest BCUT2D eigenvalue weighted by molar-refractivity contribution is 5.91. The highest BCUT2D eigenvalue weighted by atomic mass is 16.5. The van der Waals surface area contributed by atoms with E-state index in [0.717, 1.165) is 42.7 Å². The Bertz CT molecular complexity index is 1260. The molecule has 5 heteroatoms. The molecule has 3 aromatic carbocycles. The van der Waals surface area contributed by atoms with Crippen molar-refractivity contribution in [3.05, 3.63) is 83.7 Å². The van der Waals surface area contributed by atoms with Gasteiger partial charge >= 0.3 is 5.97 Å². The van der Waals surface area contributed by atoms with Crippen molar-refractivity contribution < 1.29 is 19.0 Å². The molecule has 0 saturated carbocycles. The van der Waals surface area contributed by atoms with Gasteiger partial charge in [0.25, 0.3) is 0 Å². The van der Waals surface area contributed by atoms with Gasteiger partial charge in [-0.2, -0.15) is 0 Å². The van der Waals surface area contributed by atoms with Crippen LogP contribution in [0.3, 0.4) is 0 Å². The van der Waals surface area contributed by atoms with E-state index in [9.17, 15) is 4.79 Å². The van der Waals surface area contributed by atoms with E-state index in [0.29, 0.717) is 22.7 Å². The summed E-state index contributed by atoms with van der Waals surface area (Å²) in [4.78, 5) is 16.4. The van der Waals surface area contributed by atoms with Crippen LogP contribution in [0.4, 0.5) is 5.69 Å². The summed E-state index contributed by atoms with van der Waals surface area (Å²) in [5.41, 5.74) is 2.84. The van der Waals surface area contributed by atoms with E-state index in [-0.39, 0.29) is 6.10 Å². The Labute approximate surface area is 259 Å². The summed E-state index contributed by atoms with van der Waals surface area (Å²) in [6.45, 7) is 14.8. The number of nitrogens with zero attached hydrogens (tertiary/aromatic N) is 1. The van der Waals surface area contributed by atoms with Gasteiger partial charge in [-0.3, -0.25) is 0 Å². The van der Waals surface area contributed by atoms with Crippen molar-refractivity contribution in [1.29, 1.82) is 0 Å². The molecule has 3 rings (SSSR count). The number of unbranched alkanes of at least 4 members (excludes halogenated alkanes) is 10. The van der Waals surface area contributed by atoms with Crippen molar-refractivity contribution in [3.8, 4) is 28.4 Å². The van der Waals surface area contributed by atoms with Gasteiger partial charge in [-0.25, -0.2) is 9.64 Å². The van der Waals surface area contributed by atoms with E-state index >= 15 is 0 Å². The molecule has 0 aliphatic rings. The molecule has 0 aliphatic heterocycles. The molecular weight excluding hydrogens is 534 g/mol. The van der Waals surface area contributed by atoms with Gasteiger partial charge in [0, 0.05) is 0 Å². The fraction of sp³-hybridized carbons (Fsp3) is 0.474. The lowest BCUT2D eigenvalue weighted by atomic mass is 10.0. The fourth-order valence-corrected chi connectivity index (χ4v) is 5.02. The predicted octanol–water partition coefficient (Wildman–Crippen LogP) is 11.4. The maximum Gasteiger partial charge on any atom is 0.343 e. The Balaban J connectivity index is 1.46. The SMILES string of the molecule is [C-]#[N+]c1cc(OC(=O)c2ccc(-c3ccc(OCCCCCCCCCC)cc3)cc2)ccc1OC(C)CCCCCC. The maximum atomic E-state index is 12.8. The lowest BCUT2D eigenvalue weighted by Crippen LogP contribution is -2.12. The minimum Gasteiger partial charge on any atom is -0.502 e. The van der Waals surface area contributed by atoms with Crippen LogP contribution < -0.4 is 14.2 Å². The van der Waals surface area contributed by atoms with Crippen LogP contribution in [-0.2, 0) is 0 Å². The summed E-state index contributed by atoms with van der Waals surface area (Å²) in [5, 5.41) is 0. The third-order valence-corrected chi connectivity index (χ3v) is 7.63. The standard InChI is InChI=1S/C38H49NO4/c1-5-7-9-11-12-13-14-16-28-41-34-24-22-32(23-25-34)31-18-20-33(21-19-31)38(40)43-35-26-27-37(36(29-35)39-4)42-30(3)17-15-10-8-6-2/h18-27,29-30H,5-17,28H2,1-3H3. The highest BCUT2D eigenvalue weighted by Gasteiger charge is 2.14. The molecule has 0 heterocycles. The summed E-state index contributed by atoms with van der Waals surface area (Å²) >= 11 is 0. The monoisotopic (exact) mass is 583 g/mol. The number of carbonyl (C=O) groups is 1. The molecule has 0 bridgehead atoms. The molecule has 43 heavy (non-hydrogen) atoms. The largest absolute Gasteiger partial charge is 0.502 e. The van der Waals surface area contributed by atoms with Crippen LogP contribution in [0.2, 0.25) is 0 Å². The minimum absolute atomic E-state index is 0.0210. The predicted molar refractivity (Wildman–Crippen MR) is 176 cm³/mol. The Morgan fingerprint density at radius 2 is 1.28 bits per heavy atom. The summed E-state index contributed by atoms with van der Waals surface area (Å²) < 4.78 is 17.5. The fourth-order valence-electron chi connectivity index (χ4n) is 5.02. The second-order valence-corrected chi connectivity index (χ2v) is 11.3. The first-order chi connectivity index (χ1) is 21.0. The molecule has 0 saturated heterocycles. The molecule has 1 atom stereocenters. The molecule has 230 valence electrons. The van der Waals surface area contributed by atoms with E-state index in [1.807, 2.05) is 43.3 Å². The van der Waals surface area contributed by atoms with Gasteiger partial charge in [0.05, 0.1) is 24.8 Å². The summed E-state index contributed by atoms with van der Waals surface area (Å²) in [6.07, 6.45) is 16.0. The molecule has 0 aliphatic carbocycles. The number of carbonyl (C=O) groups excluding carboxylic acids is 1. The van der Waals surface area contributed by atoms with Gasteiger partial charge in [-0.1, -0.05) is 102 Å². The van der Waals surface area contributed by atoms with E-state index in [4.69, 9.17) is 20.8 Å². The van der Waals surface area contributed by atoms with Gasteiger partial charge in [0.2, 0.25) is 5.69 Å². The number of hydrogen-bond donors (Lipinski definition) is 0. The third kappa shape index (κ3) is 12.2. The Kier molecular flexibility index (Phi) is 15.2. The van der Waals surface area contributed by atoms with Crippen molar-refractivity contribution in [2.24, 2.45) is 0 Å². The lowest BCUT2D eigenvalue weighted by molar-refractivity contribution is 0.0734.